The summed E-state index contributed by atoms with van der Waals surface area (Å²) in [6.45, 7) is 0. The fourth-order valence-electron chi connectivity index (χ4n) is 1.99. The molecule has 6 nitrogen and oxygen atoms in total. The number of hydrogen-bond acceptors (Lipinski definition) is 5. The van der Waals surface area contributed by atoms with E-state index in [1.54, 1.807) is 11.8 Å². The Hall–Kier alpha value is -2.41. The van der Waals surface area contributed by atoms with Crippen molar-refractivity contribution in [2.75, 3.05) is 12.8 Å². The molecule has 7 heteroatoms. The summed E-state index contributed by atoms with van der Waals surface area (Å²) in [7, 11) is 1.62. The largest absolute Gasteiger partial charge is 0.497 e. The Bertz CT molecular complexity index is 787. The molecular formula is C14H12BrN5O. The molecule has 0 saturated heterocycles. The summed E-state index contributed by atoms with van der Waals surface area (Å²) < 4.78 is 7.75. The summed E-state index contributed by atoms with van der Waals surface area (Å²) in [6.07, 6.45) is 0. The van der Waals surface area contributed by atoms with Crippen LogP contribution in [0.2, 0.25) is 0 Å². The lowest BCUT2D eigenvalue weighted by atomic mass is 10.2. The van der Waals surface area contributed by atoms with Crippen LogP contribution in [0.25, 0.3) is 17.1 Å². The van der Waals surface area contributed by atoms with Crippen LogP contribution in [0.4, 0.5) is 5.69 Å². The van der Waals surface area contributed by atoms with Crippen molar-refractivity contribution in [2.45, 2.75) is 0 Å². The summed E-state index contributed by atoms with van der Waals surface area (Å²) in [5.74, 6) is 1.33. The molecule has 2 aromatic carbocycles. The Morgan fingerprint density at radius 2 is 2.05 bits per heavy atom. The number of anilines is 1. The minimum absolute atomic E-state index is 0.608. The Morgan fingerprint density at radius 1 is 1.19 bits per heavy atom. The highest BCUT2D eigenvalue weighted by atomic mass is 79.9. The molecule has 0 spiro atoms. The molecular weight excluding hydrogens is 334 g/mol. The average Bonchev–Trinajstić information content (AvgIpc) is 2.97. The van der Waals surface area contributed by atoms with Gasteiger partial charge in [-0.25, -0.2) is 0 Å². The number of hydrogen-bond donors (Lipinski definition) is 1. The summed E-state index contributed by atoms with van der Waals surface area (Å²) >= 11 is 3.51. The van der Waals surface area contributed by atoms with Gasteiger partial charge in [0.25, 0.3) is 0 Å². The first-order valence-corrected chi connectivity index (χ1v) is 6.96. The van der Waals surface area contributed by atoms with Gasteiger partial charge in [0.2, 0.25) is 0 Å². The van der Waals surface area contributed by atoms with Crippen LogP contribution in [0.3, 0.4) is 0 Å². The van der Waals surface area contributed by atoms with Gasteiger partial charge >= 0.3 is 0 Å². The topological polar surface area (TPSA) is 78.8 Å². The van der Waals surface area contributed by atoms with Gasteiger partial charge in [-0.3, -0.25) is 0 Å². The molecule has 0 radical (unpaired) electrons. The molecule has 3 rings (SSSR count). The molecule has 0 fully saturated rings. The molecule has 0 aliphatic rings. The predicted molar refractivity (Wildman–Crippen MR) is 83.3 cm³/mol. The highest BCUT2D eigenvalue weighted by molar-refractivity contribution is 9.10. The Balaban J connectivity index is 2.15. The number of rotatable bonds is 3. The Kier molecular flexibility index (Phi) is 3.57. The van der Waals surface area contributed by atoms with E-state index in [1.165, 1.54) is 0 Å². The summed E-state index contributed by atoms with van der Waals surface area (Å²) in [4.78, 5) is 0. The van der Waals surface area contributed by atoms with Crippen molar-refractivity contribution >= 4 is 21.6 Å². The molecule has 1 aromatic heterocycles. The molecule has 0 aliphatic heterocycles. The van der Waals surface area contributed by atoms with Gasteiger partial charge in [0.15, 0.2) is 5.82 Å². The van der Waals surface area contributed by atoms with Gasteiger partial charge < -0.3 is 10.5 Å². The molecule has 106 valence electrons. The molecule has 0 amide bonds. The van der Waals surface area contributed by atoms with Crippen LogP contribution in [-0.2, 0) is 0 Å². The first kappa shape index (κ1) is 13.6. The number of nitrogens with zero attached hydrogens (tertiary/aromatic N) is 4. The summed E-state index contributed by atoms with van der Waals surface area (Å²) in [5, 5.41) is 11.9. The molecule has 21 heavy (non-hydrogen) atoms. The van der Waals surface area contributed by atoms with Gasteiger partial charge in [-0.15, -0.1) is 5.10 Å². The maximum absolute atomic E-state index is 5.82. The van der Waals surface area contributed by atoms with Crippen molar-refractivity contribution in [3.05, 3.63) is 46.9 Å². The van der Waals surface area contributed by atoms with Gasteiger partial charge in [0.1, 0.15) is 5.75 Å². The number of ether oxygens (including phenoxy) is 1. The van der Waals surface area contributed by atoms with Crippen LogP contribution in [-0.4, -0.2) is 27.3 Å². The van der Waals surface area contributed by atoms with Crippen LogP contribution in [0.5, 0.6) is 5.75 Å². The third-order valence-corrected chi connectivity index (χ3v) is 3.67. The zero-order valence-electron chi connectivity index (χ0n) is 11.2. The molecule has 3 aromatic rings. The van der Waals surface area contributed by atoms with Crippen molar-refractivity contribution in [1.82, 2.24) is 20.2 Å². The maximum Gasteiger partial charge on any atom is 0.187 e. The van der Waals surface area contributed by atoms with Crippen molar-refractivity contribution in [3.8, 4) is 22.8 Å². The first-order chi connectivity index (χ1) is 10.2. The fraction of sp³-hybridized carbons (Fsp3) is 0.0714. The van der Waals surface area contributed by atoms with Crippen LogP contribution in [0.15, 0.2) is 46.9 Å². The summed E-state index contributed by atoms with van der Waals surface area (Å²) in [6, 6.07) is 13.0. The van der Waals surface area contributed by atoms with Crippen molar-refractivity contribution in [3.63, 3.8) is 0 Å². The molecule has 0 atom stereocenters. The number of aromatic nitrogens is 4. The fourth-order valence-corrected chi connectivity index (χ4v) is 2.40. The average molecular weight is 346 g/mol. The first-order valence-electron chi connectivity index (χ1n) is 6.17. The molecule has 0 aliphatic carbocycles. The van der Waals surface area contributed by atoms with Crippen molar-refractivity contribution in [2.24, 2.45) is 0 Å². The van der Waals surface area contributed by atoms with Crippen LogP contribution in [0, 0.1) is 0 Å². The monoisotopic (exact) mass is 345 g/mol. The van der Waals surface area contributed by atoms with E-state index in [2.05, 4.69) is 31.5 Å². The van der Waals surface area contributed by atoms with Gasteiger partial charge in [-0.1, -0.05) is 12.1 Å². The molecule has 0 saturated carbocycles. The highest BCUT2D eigenvalue weighted by Crippen LogP contribution is 2.28. The number of methoxy groups -OCH3 is 1. The van der Waals surface area contributed by atoms with E-state index in [0.29, 0.717) is 11.5 Å². The van der Waals surface area contributed by atoms with Gasteiger partial charge in [0.05, 0.1) is 12.8 Å². The van der Waals surface area contributed by atoms with E-state index in [9.17, 15) is 0 Å². The quantitative estimate of drug-likeness (QED) is 0.738. The highest BCUT2D eigenvalue weighted by Gasteiger charge is 2.14. The van der Waals surface area contributed by atoms with E-state index in [0.717, 1.165) is 21.5 Å². The molecule has 1 heterocycles. The summed E-state index contributed by atoms with van der Waals surface area (Å²) in [5.41, 5.74) is 8.11. The number of nitrogens with two attached hydrogens (primary N) is 1. The van der Waals surface area contributed by atoms with Crippen LogP contribution < -0.4 is 10.5 Å². The second kappa shape index (κ2) is 5.53. The van der Waals surface area contributed by atoms with E-state index < -0.39 is 0 Å². The lowest BCUT2D eigenvalue weighted by Gasteiger charge is -2.09. The molecule has 0 bridgehead atoms. The minimum Gasteiger partial charge on any atom is -0.497 e. The molecule has 2 N–H and O–H groups in total. The SMILES string of the molecule is COc1ccc(Br)c(-n2nnnc2-c2cccc(N)c2)c1. The second-order valence-corrected chi connectivity index (χ2v) is 5.21. The number of nitrogen functional groups attached to an aromatic ring is 1. The third-order valence-electron chi connectivity index (χ3n) is 3.00. The second-order valence-electron chi connectivity index (χ2n) is 4.36. The van der Waals surface area contributed by atoms with E-state index in [1.807, 2.05) is 42.5 Å². The lowest BCUT2D eigenvalue weighted by Crippen LogP contribution is -2.01. The normalized spacial score (nSPS) is 10.6. The Morgan fingerprint density at radius 3 is 2.81 bits per heavy atom. The lowest BCUT2D eigenvalue weighted by molar-refractivity contribution is 0.414. The van der Waals surface area contributed by atoms with Crippen molar-refractivity contribution in [1.29, 1.82) is 0 Å². The standard InChI is InChI=1S/C14H12BrN5O/c1-21-11-5-6-12(15)13(8-11)20-14(17-18-19-20)9-3-2-4-10(16)7-9/h2-8H,16H2,1H3. The van der Waals surface area contributed by atoms with Crippen LogP contribution in [0.1, 0.15) is 0 Å². The smallest absolute Gasteiger partial charge is 0.187 e. The number of benzene rings is 2. The van der Waals surface area contributed by atoms with E-state index in [4.69, 9.17) is 10.5 Å². The number of tetrazole rings is 1. The minimum atomic E-state index is 0.608. The molecule has 0 unspecified atom stereocenters. The number of halogens is 1. The van der Waals surface area contributed by atoms with Gasteiger partial charge in [0, 0.05) is 21.8 Å². The van der Waals surface area contributed by atoms with Gasteiger partial charge in [-0.2, -0.15) is 4.68 Å². The van der Waals surface area contributed by atoms with E-state index in [-0.39, 0.29) is 0 Å². The zero-order chi connectivity index (χ0) is 14.8. The predicted octanol–water partition coefficient (Wildman–Crippen LogP) is 2.68. The van der Waals surface area contributed by atoms with Gasteiger partial charge in [-0.05, 0) is 50.6 Å². The third kappa shape index (κ3) is 2.59. The van der Waals surface area contributed by atoms with E-state index >= 15 is 0 Å². The van der Waals surface area contributed by atoms with Crippen LogP contribution >= 0.6 is 15.9 Å². The Labute approximate surface area is 129 Å². The zero-order valence-corrected chi connectivity index (χ0v) is 12.8. The van der Waals surface area contributed by atoms with Crippen molar-refractivity contribution < 1.29 is 4.74 Å². The maximum atomic E-state index is 5.82.